The lowest BCUT2D eigenvalue weighted by molar-refractivity contribution is -0.136. The topological polar surface area (TPSA) is 99.2 Å². The number of esters is 1. The molecule has 0 spiro atoms. The highest BCUT2D eigenvalue weighted by Crippen LogP contribution is 2.25. The number of carbonyl (C=O) groups excluding carboxylic acids is 2. The summed E-state index contributed by atoms with van der Waals surface area (Å²) in [6.07, 6.45) is 0.405. The van der Waals surface area contributed by atoms with Crippen molar-refractivity contribution >= 4 is 21.7 Å². The number of amides is 1. The van der Waals surface area contributed by atoms with E-state index in [1.54, 1.807) is 19.1 Å². The van der Waals surface area contributed by atoms with Gasteiger partial charge >= 0.3 is 5.97 Å². The van der Waals surface area contributed by atoms with Crippen molar-refractivity contribution in [2.45, 2.75) is 19.4 Å². The molecule has 2 rings (SSSR count). The Kier molecular flexibility index (Phi) is 6.47. The van der Waals surface area contributed by atoms with Crippen LogP contribution in [0.4, 0.5) is 0 Å². The van der Waals surface area contributed by atoms with Crippen LogP contribution in [0, 0.1) is 0 Å². The van der Waals surface area contributed by atoms with Gasteiger partial charge in [-0.25, -0.2) is 13.2 Å². The Hall–Kier alpha value is -2.29. The van der Waals surface area contributed by atoms with Crippen LogP contribution in [0.5, 0.6) is 11.5 Å². The largest absolute Gasteiger partial charge is 0.497 e. The molecule has 1 amide bonds. The predicted molar refractivity (Wildman–Crippen MR) is 94.3 cm³/mol. The fourth-order valence-corrected chi connectivity index (χ4v) is 4.65. The van der Waals surface area contributed by atoms with Crippen molar-refractivity contribution in [1.29, 1.82) is 0 Å². The van der Waals surface area contributed by atoms with Gasteiger partial charge in [0.15, 0.2) is 16.4 Å². The fourth-order valence-electron chi connectivity index (χ4n) is 2.91. The molecule has 0 aromatic heterocycles. The van der Waals surface area contributed by atoms with Crippen LogP contribution in [0.1, 0.15) is 23.7 Å². The van der Waals surface area contributed by atoms with Crippen molar-refractivity contribution < 1.29 is 32.2 Å². The van der Waals surface area contributed by atoms with Crippen molar-refractivity contribution in [3.05, 3.63) is 23.8 Å². The minimum atomic E-state index is -3.10. The highest BCUT2D eigenvalue weighted by molar-refractivity contribution is 7.91. The molecule has 1 atom stereocenters. The SMILES string of the molecule is CCN(C(=O)COC(=O)c1ccc(OC)cc1OC)[C@@H]1CCS(=O)(=O)C1. The van der Waals surface area contributed by atoms with Crippen molar-refractivity contribution in [3.63, 3.8) is 0 Å². The molecular weight excluding hydrogens is 362 g/mol. The summed E-state index contributed by atoms with van der Waals surface area (Å²) in [5, 5.41) is 0. The molecule has 0 bridgehead atoms. The van der Waals surface area contributed by atoms with Crippen LogP contribution in [-0.4, -0.2) is 70.1 Å². The van der Waals surface area contributed by atoms with Crippen LogP contribution < -0.4 is 9.47 Å². The zero-order chi connectivity index (χ0) is 19.3. The first kappa shape index (κ1) is 20.0. The molecule has 0 radical (unpaired) electrons. The van der Waals surface area contributed by atoms with Gasteiger partial charge in [-0.2, -0.15) is 0 Å². The van der Waals surface area contributed by atoms with E-state index in [0.717, 1.165) is 0 Å². The van der Waals surface area contributed by atoms with Gasteiger partial charge in [0.1, 0.15) is 17.1 Å². The van der Waals surface area contributed by atoms with Gasteiger partial charge in [0.2, 0.25) is 0 Å². The summed E-state index contributed by atoms with van der Waals surface area (Å²) < 4.78 is 38.5. The molecule has 1 aliphatic heterocycles. The number of nitrogens with zero attached hydrogens (tertiary/aromatic N) is 1. The van der Waals surface area contributed by atoms with Gasteiger partial charge in [0, 0.05) is 18.7 Å². The predicted octanol–water partition coefficient (Wildman–Crippen LogP) is 0.896. The minimum absolute atomic E-state index is 0.0488. The summed E-state index contributed by atoms with van der Waals surface area (Å²) in [5.41, 5.74) is 0.174. The fraction of sp³-hybridized carbons (Fsp3) is 0.529. The van der Waals surface area contributed by atoms with E-state index in [1.807, 2.05) is 0 Å². The van der Waals surface area contributed by atoms with Crippen LogP contribution in [0.3, 0.4) is 0 Å². The summed E-state index contributed by atoms with van der Waals surface area (Å²) in [5.74, 6) is -0.301. The summed E-state index contributed by atoms with van der Waals surface area (Å²) in [7, 11) is -0.197. The van der Waals surface area contributed by atoms with Gasteiger partial charge in [0.25, 0.3) is 5.91 Å². The molecule has 1 heterocycles. The zero-order valence-corrected chi connectivity index (χ0v) is 15.9. The number of sulfone groups is 1. The Morgan fingerprint density at radius 1 is 1.23 bits per heavy atom. The Balaban J connectivity index is 2.01. The maximum atomic E-state index is 12.4. The third kappa shape index (κ3) is 4.66. The summed E-state index contributed by atoms with van der Waals surface area (Å²) >= 11 is 0. The first-order chi connectivity index (χ1) is 12.3. The summed E-state index contributed by atoms with van der Waals surface area (Å²) in [6, 6.07) is 4.25. The van der Waals surface area contributed by atoms with Crippen LogP contribution in [0.15, 0.2) is 18.2 Å². The van der Waals surface area contributed by atoms with Gasteiger partial charge in [-0.05, 0) is 25.5 Å². The van der Waals surface area contributed by atoms with Crippen LogP contribution >= 0.6 is 0 Å². The maximum Gasteiger partial charge on any atom is 0.342 e. The Bertz CT molecular complexity index is 775. The number of methoxy groups -OCH3 is 2. The smallest absolute Gasteiger partial charge is 0.342 e. The molecule has 1 aliphatic rings. The molecule has 1 aromatic carbocycles. The number of carbonyl (C=O) groups is 2. The van der Waals surface area contributed by atoms with E-state index in [2.05, 4.69) is 0 Å². The van der Waals surface area contributed by atoms with Crippen molar-refractivity contribution in [2.75, 3.05) is 38.9 Å². The summed E-state index contributed by atoms with van der Waals surface area (Å²) in [6.45, 7) is 1.65. The molecule has 0 unspecified atom stereocenters. The van der Waals surface area contributed by atoms with E-state index in [-0.39, 0.29) is 28.9 Å². The first-order valence-corrected chi connectivity index (χ1v) is 10.0. The highest BCUT2D eigenvalue weighted by Gasteiger charge is 2.34. The second-order valence-corrected chi connectivity index (χ2v) is 8.11. The first-order valence-electron chi connectivity index (χ1n) is 8.20. The average Bonchev–Trinajstić information content (AvgIpc) is 2.99. The standard InChI is InChI=1S/C17H23NO7S/c1-4-18(12-7-8-26(21,22)11-12)16(19)10-25-17(20)14-6-5-13(23-2)9-15(14)24-3/h5-6,9,12H,4,7-8,10-11H2,1-3H3/t12-/m1/s1. The Morgan fingerprint density at radius 3 is 2.50 bits per heavy atom. The molecule has 8 nitrogen and oxygen atoms in total. The molecule has 26 heavy (non-hydrogen) atoms. The Labute approximate surface area is 152 Å². The Morgan fingerprint density at radius 2 is 1.96 bits per heavy atom. The number of likely N-dealkylation sites (N-methyl/N-ethyl adjacent to an activating group) is 1. The van der Waals surface area contributed by atoms with Crippen molar-refractivity contribution in [1.82, 2.24) is 4.90 Å². The van der Waals surface area contributed by atoms with Crippen LogP contribution in [0.25, 0.3) is 0 Å². The van der Waals surface area contributed by atoms with E-state index in [4.69, 9.17) is 14.2 Å². The minimum Gasteiger partial charge on any atom is -0.497 e. The summed E-state index contributed by atoms with van der Waals surface area (Å²) in [4.78, 5) is 26.1. The molecule has 1 saturated heterocycles. The lowest BCUT2D eigenvalue weighted by atomic mass is 10.2. The van der Waals surface area contributed by atoms with Gasteiger partial charge in [0.05, 0.1) is 25.7 Å². The van der Waals surface area contributed by atoms with E-state index in [9.17, 15) is 18.0 Å². The zero-order valence-electron chi connectivity index (χ0n) is 15.1. The number of ether oxygens (including phenoxy) is 3. The second kappa shape index (κ2) is 8.39. The highest BCUT2D eigenvalue weighted by atomic mass is 32.2. The van der Waals surface area contributed by atoms with E-state index in [1.165, 1.54) is 25.2 Å². The van der Waals surface area contributed by atoms with Crippen molar-refractivity contribution in [2.24, 2.45) is 0 Å². The van der Waals surface area contributed by atoms with Gasteiger partial charge < -0.3 is 19.1 Å². The van der Waals surface area contributed by atoms with Crippen molar-refractivity contribution in [3.8, 4) is 11.5 Å². The number of hydrogen-bond acceptors (Lipinski definition) is 7. The van der Waals surface area contributed by atoms with E-state index < -0.39 is 28.3 Å². The quantitative estimate of drug-likeness (QED) is 0.643. The number of rotatable bonds is 7. The molecule has 0 saturated carbocycles. The molecule has 144 valence electrons. The van der Waals surface area contributed by atoms with Crippen LogP contribution in [0.2, 0.25) is 0 Å². The van der Waals surface area contributed by atoms with Gasteiger partial charge in [-0.15, -0.1) is 0 Å². The third-order valence-electron chi connectivity index (χ3n) is 4.27. The number of hydrogen-bond donors (Lipinski definition) is 0. The average molecular weight is 385 g/mol. The van der Waals surface area contributed by atoms with E-state index >= 15 is 0 Å². The van der Waals surface area contributed by atoms with Gasteiger partial charge in [-0.1, -0.05) is 0 Å². The normalized spacial score (nSPS) is 18.2. The van der Waals surface area contributed by atoms with Gasteiger partial charge in [-0.3, -0.25) is 4.79 Å². The molecule has 9 heteroatoms. The van der Waals surface area contributed by atoms with E-state index in [0.29, 0.717) is 18.7 Å². The monoisotopic (exact) mass is 385 g/mol. The molecule has 0 aliphatic carbocycles. The number of benzene rings is 1. The third-order valence-corrected chi connectivity index (χ3v) is 6.02. The maximum absolute atomic E-state index is 12.4. The lowest BCUT2D eigenvalue weighted by Crippen LogP contribution is -2.43. The second-order valence-electron chi connectivity index (χ2n) is 5.88. The van der Waals surface area contributed by atoms with Crippen LogP contribution in [-0.2, 0) is 19.4 Å². The molecule has 0 N–H and O–H groups in total. The molecule has 1 fully saturated rings. The molecule has 1 aromatic rings. The lowest BCUT2D eigenvalue weighted by Gasteiger charge is -2.26. The molecular formula is C17H23NO7S.